The van der Waals surface area contributed by atoms with E-state index in [1.54, 1.807) is 19.1 Å². The van der Waals surface area contributed by atoms with Gasteiger partial charge in [0.15, 0.2) is 0 Å². The van der Waals surface area contributed by atoms with E-state index in [1.807, 2.05) is 6.92 Å². The van der Waals surface area contributed by atoms with Crippen LogP contribution >= 0.6 is 11.3 Å². The number of rotatable bonds is 4. The zero-order valence-corrected chi connectivity index (χ0v) is 13.5. The minimum absolute atomic E-state index is 0.252. The van der Waals surface area contributed by atoms with E-state index in [2.05, 4.69) is 20.7 Å². The Balaban J connectivity index is 1.70. The minimum atomic E-state index is -1.15. The average molecular weight is 334 g/mol. The quantitative estimate of drug-likeness (QED) is 0.933. The molecule has 8 heteroatoms. The third-order valence-electron chi connectivity index (χ3n) is 3.49. The highest BCUT2D eigenvalue weighted by Crippen LogP contribution is 2.28. The van der Waals surface area contributed by atoms with Gasteiger partial charge in [-0.3, -0.25) is 10.1 Å². The van der Waals surface area contributed by atoms with Gasteiger partial charge in [-0.2, -0.15) is 0 Å². The van der Waals surface area contributed by atoms with Gasteiger partial charge in [0.05, 0.1) is 5.71 Å². The van der Waals surface area contributed by atoms with Crippen LogP contribution in [0.4, 0.5) is 9.52 Å². The molecule has 1 aromatic carbocycles. The molecule has 0 aliphatic carbocycles. The van der Waals surface area contributed by atoms with Gasteiger partial charge in [-0.15, -0.1) is 10.2 Å². The van der Waals surface area contributed by atoms with Crippen molar-refractivity contribution in [3.63, 3.8) is 0 Å². The highest BCUT2D eigenvalue weighted by molar-refractivity contribution is 7.15. The molecular formula is C15H15FN4O2S. The number of nitrogens with one attached hydrogen (secondary N) is 1. The van der Waals surface area contributed by atoms with Gasteiger partial charge in [0.2, 0.25) is 10.7 Å². The van der Waals surface area contributed by atoms with Crippen LogP contribution in [0.25, 0.3) is 0 Å². The SMILES string of the molecule is CCc1nnc(NC(=O)[C@@]2(C)CC(c3cccc(F)c3)=NO2)s1. The Morgan fingerprint density at radius 2 is 2.30 bits per heavy atom. The van der Waals surface area contributed by atoms with Gasteiger partial charge in [0.25, 0.3) is 5.91 Å². The van der Waals surface area contributed by atoms with Gasteiger partial charge in [-0.05, 0) is 25.5 Å². The van der Waals surface area contributed by atoms with E-state index in [0.717, 1.165) is 11.4 Å². The fourth-order valence-electron chi connectivity index (χ4n) is 2.16. The van der Waals surface area contributed by atoms with Crippen molar-refractivity contribution in [1.82, 2.24) is 10.2 Å². The molecule has 3 rings (SSSR count). The number of oxime groups is 1. The van der Waals surface area contributed by atoms with E-state index in [4.69, 9.17) is 4.84 Å². The van der Waals surface area contributed by atoms with Crippen LogP contribution in [0.5, 0.6) is 0 Å². The molecule has 0 fully saturated rings. The van der Waals surface area contributed by atoms with E-state index in [-0.39, 0.29) is 18.1 Å². The smallest absolute Gasteiger partial charge is 0.273 e. The van der Waals surface area contributed by atoms with Crippen LogP contribution in [0.3, 0.4) is 0 Å². The first-order valence-electron chi connectivity index (χ1n) is 7.15. The van der Waals surface area contributed by atoms with Crippen LogP contribution in [0, 0.1) is 5.82 Å². The summed E-state index contributed by atoms with van der Waals surface area (Å²) in [5.74, 6) is -0.712. The molecule has 1 amide bonds. The first kappa shape index (κ1) is 15.5. The fraction of sp³-hybridized carbons (Fsp3) is 0.333. The van der Waals surface area contributed by atoms with Crippen LogP contribution in [-0.4, -0.2) is 27.4 Å². The highest BCUT2D eigenvalue weighted by atomic mass is 32.1. The fourth-order valence-corrected chi connectivity index (χ4v) is 2.84. The molecule has 1 atom stereocenters. The lowest BCUT2D eigenvalue weighted by Crippen LogP contribution is -2.40. The lowest BCUT2D eigenvalue weighted by atomic mass is 9.95. The molecule has 1 N–H and O–H groups in total. The van der Waals surface area contributed by atoms with Crippen molar-refractivity contribution < 1.29 is 14.0 Å². The van der Waals surface area contributed by atoms with Gasteiger partial charge < -0.3 is 4.84 Å². The van der Waals surface area contributed by atoms with Gasteiger partial charge >= 0.3 is 0 Å². The molecule has 0 saturated carbocycles. The Morgan fingerprint density at radius 3 is 3.00 bits per heavy atom. The number of carbonyl (C=O) groups is 1. The normalized spacial score (nSPS) is 20.0. The summed E-state index contributed by atoms with van der Waals surface area (Å²) in [7, 11) is 0. The van der Waals surface area contributed by atoms with Crippen molar-refractivity contribution in [3.8, 4) is 0 Å². The number of anilines is 1. The third kappa shape index (κ3) is 3.21. The number of hydrogen-bond acceptors (Lipinski definition) is 6. The molecular weight excluding hydrogens is 319 g/mol. The number of aromatic nitrogens is 2. The average Bonchev–Trinajstić information content (AvgIpc) is 3.15. The second-order valence-corrected chi connectivity index (χ2v) is 6.42. The molecule has 1 aromatic heterocycles. The maximum atomic E-state index is 13.3. The van der Waals surface area contributed by atoms with Crippen LogP contribution in [-0.2, 0) is 16.1 Å². The molecule has 2 heterocycles. The second kappa shape index (κ2) is 6.04. The Morgan fingerprint density at radius 1 is 1.48 bits per heavy atom. The van der Waals surface area contributed by atoms with Crippen molar-refractivity contribution >= 4 is 28.1 Å². The standard InChI is InChI=1S/C15H15FN4O2S/c1-3-12-18-19-14(23-12)17-13(21)15(2)8-11(20-22-15)9-5-4-6-10(16)7-9/h4-7H,3,8H2,1-2H3,(H,17,19,21)/t15-/m1/s1. The molecule has 1 aliphatic heterocycles. The molecule has 0 bridgehead atoms. The largest absolute Gasteiger partial charge is 0.379 e. The summed E-state index contributed by atoms with van der Waals surface area (Å²) in [6.45, 7) is 3.60. The molecule has 0 saturated heterocycles. The topological polar surface area (TPSA) is 76.5 Å². The first-order chi connectivity index (χ1) is 11.0. The lowest BCUT2D eigenvalue weighted by Gasteiger charge is -2.19. The predicted octanol–water partition coefficient (Wildman–Crippen LogP) is 2.76. The Kier molecular flexibility index (Phi) is 4.08. The van der Waals surface area contributed by atoms with Gasteiger partial charge in [0.1, 0.15) is 10.8 Å². The molecule has 6 nitrogen and oxygen atoms in total. The Bertz CT molecular complexity index is 776. The number of hydrogen-bond donors (Lipinski definition) is 1. The van der Waals surface area contributed by atoms with Crippen LogP contribution in [0.2, 0.25) is 0 Å². The van der Waals surface area contributed by atoms with E-state index in [0.29, 0.717) is 16.4 Å². The maximum absolute atomic E-state index is 13.3. The number of nitrogens with zero attached hydrogens (tertiary/aromatic N) is 3. The third-order valence-corrected chi connectivity index (χ3v) is 4.47. The van der Waals surface area contributed by atoms with E-state index < -0.39 is 5.60 Å². The number of halogens is 1. The first-order valence-corrected chi connectivity index (χ1v) is 7.96. The van der Waals surface area contributed by atoms with Crippen molar-refractivity contribution in [2.24, 2.45) is 5.16 Å². The summed E-state index contributed by atoms with van der Waals surface area (Å²) in [6.07, 6.45) is 1.01. The van der Waals surface area contributed by atoms with E-state index >= 15 is 0 Å². The molecule has 120 valence electrons. The second-order valence-electron chi connectivity index (χ2n) is 5.36. The molecule has 0 radical (unpaired) electrons. The summed E-state index contributed by atoms with van der Waals surface area (Å²) >= 11 is 1.32. The number of carbonyl (C=O) groups excluding carboxylic acids is 1. The Labute approximate surface area is 136 Å². The highest BCUT2D eigenvalue weighted by Gasteiger charge is 2.42. The monoisotopic (exact) mass is 334 g/mol. The lowest BCUT2D eigenvalue weighted by molar-refractivity contribution is -0.135. The van der Waals surface area contributed by atoms with Crippen LogP contribution in [0.15, 0.2) is 29.4 Å². The molecule has 2 aromatic rings. The van der Waals surface area contributed by atoms with Crippen molar-refractivity contribution in [2.75, 3.05) is 5.32 Å². The van der Waals surface area contributed by atoms with E-state index in [9.17, 15) is 9.18 Å². The maximum Gasteiger partial charge on any atom is 0.273 e. The number of benzene rings is 1. The van der Waals surface area contributed by atoms with Crippen molar-refractivity contribution in [2.45, 2.75) is 32.3 Å². The minimum Gasteiger partial charge on any atom is -0.379 e. The number of aryl methyl sites for hydroxylation is 1. The summed E-state index contributed by atoms with van der Waals surface area (Å²) in [6, 6.07) is 6.04. The summed E-state index contributed by atoms with van der Waals surface area (Å²) in [5, 5.41) is 15.8. The summed E-state index contributed by atoms with van der Waals surface area (Å²) in [4.78, 5) is 17.8. The molecule has 1 aliphatic rings. The van der Waals surface area contributed by atoms with E-state index in [1.165, 1.54) is 23.5 Å². The predicted molar refractivity (Wildman–Crippen MR) is 85.0 cm³/mol. The molecule has 0 spiro atoms. The van der Waals surface area contributed by atoms with Crippen molar-refractivity contribution in [3.05, 3.63) is 40.7 Å². The zero-order chi connectivity index (χ0) is 16.4. The van der Waals surface area contributed by atoms with Crippen LogP contribution in [0.1, 0.15) is 30.8 Å². The zero-order valence-electron chi connectivity index (χ0n) is 12.7. The summed E-state index contributed by atoms with van der Waals surface area (Å²) < 4.78 is 13.3. The Hall–Kier alpha value is -2.35. The van der Waals surface area contributed by atoms with Gasteiger partial charge in [-0.25, -0.2) is 4.39 Å². The summed E-state index contributed by atoms with van der Waals surface area (Å²) in [5.41, 5.74) is -0.0148. The van der Waals surface area contributed by atoms with Crippen LogP contribution < -0.4 is 5.32 Å². The molecule has 23 heavy (non-hydrogen) atoms. The van der Waals surface area contributed by atoms with Crippen molar-refractivity contribution in [1.29, 1.82) is 0 Å². The van der Waals surface area contributed by atoms with Gasteiger partial charge in [0, 0.05) is 12.0 Å². The van der Waals surface area contributed by atoms with Gasteiger partial charge in [-0.1, -0.05) is 35.5 Å². The number of amides is 1. The molecule has 0 unspecified atom stereocenters.